The summed E-state index contributed by atoms with van der Waals surface area (Å²) in [5.74, 6) is 0.708. The molecule has 14 heavy (non-hydrogen) atoms. The van der Waals surface area contributed by atoms with Crippen LogP contribution in [-0.2, 0) is 7.05 Å². The van der Waals surface area contributed by atoms with Crippen molar-refractivity contribution in [3.8, 4) is 5.75 Å². The lowest BCUT2D eigenvalue weighted by Crippen LogP contribution is -1.99. The smallest absolute Gasteiger partial charge is 0.116 e. The van der Waals surface area contributed by atoms with Crippen molar-refractivity contribution in [1.29, 1.82) is 0 Å². The molecule has 0 aliphatic rings. The van der Waals surface area contributed by atoms with Crippen LogP contribution in [0.4, 0.5) is 0 Å². The van der Waals surface area contributed by atoms with Crippen molar-refractivity contribution in [2.75, 3.05) is 0 Å². The van der Waals surface area contributed by atoms with Gasteiger partial charge in [-0.05, 0) is 24.1 Å². The fourth-order valence-corrected chi connectivity index (χ4v) is 1.89. The molecule has 0 spiro atoms. The van der Waals surface area contributed by atoms with Crippen LogP contribution < -0.4 is 0 Å². The molecule has 0 aliphatic carbocycles. The molecule has 0 atom stereocenters. The monoisotopic (exact) mass is 190 g/mol. The molecule has 0 aliphatic heterocycles. The van der Waals surface area contributed by atoms with Crippen LogP contribution in [0.2, 0.25) is 0 Å². The van der Waals surface area contributed by atoms with E-state index in [1.165, 1.54) is 0 Å². The van der Waals surface area contributed by atoms with Crippen molar-refractivity contribution in [3.63, 3.8) is 0 Å². The van der Waals surface area contributed by atoms with E-state index < -0.39 is 0 Å². The van der Waals surface area contributed by atoms with E-state index in [0.717, 1.165) is 16.6 Å². The maximum atomic E-state index is 9.41. The average Bonchev–Trinajstić information content (AvgIpc) is 2.40. The van der Waals surface area contributed by atoms with E-state index in [0.29, 0.717) is 11.7 Å². The average molecular weight is 190 g/mol. The van der Waals surface area contributed by atoms with Gasteiger partial charge in [-0.15, -0.1) is 0 Å². The number of hydrogen-bond acceptors (Lipinski definition) is 2. The van der Waals surface area contributed by atoms with Gasteiger partial charge in [-0.2, -0.15) is 5.10 Å². The zero-order valence-electron chi connectivity index (χ0n) is 8.65. The molecule has 1 aromatic carbocycles. The molecule has 1 N–H and O–H groups in total. The van der Waals surface area contributed by atoms with Gasteiger partial charge < -0.3 is 5.11 Å². The van der Waals surface area contributed by atoms with Gasteiger partial charge in [0.2, 0.25) is 0 Å². The Morgan fingerprint density at radius 3 is 2.71 bits per heavy atom. The lowest BCUT2D eigenvalue weighted by Gasteiger charge is -2.05. The van der Waals surface area contributed by atoms with Crippen LogP contribution in [0.25, 0.3) is 10.9 Å². The maximum absolute atomic E-state index is 9.41. The lowest BCUT2D eigenvalue weighted by atomic mass is 10.1. The summed E-state index contributed by atoms with van der Waals surface area (Å²) in [5.41, 5.74) is 2.10. The van der Waals surface area contributed by atoms with Crippen molar-refractivity contribution in [1.82, 2.24) is 9.78 Å². The Labute approximate surface area is 83.0 Å². The predicted molar refractivity (Wildman–Crippen MR) is 56.5 cm³/mol. The molecule has 0 saturated heterocycles. The summed E-state index contributed by atoms with van der Waals surface area (Å²) >= 11 is 0. The summed E-state index contributed by atoms with van der Waals surface area (Å²) in [7, 11) is 1.94. The van der Waals surface area contributed by atoms with Gasteiger partial charge in [0.1, 0.15) is 5.75 Å². The zero-order valence-corrected chi connectivity index (χ0v) is 8.65. The SMILES string of the molecule is CC(C)c1c2cc(O)ccc2nn1C. The molecule has 3 heteroatoms. The highest BCUT2D eigenvalue weighted by atomic mass is 16.3. The molecule has 0 unspecified atom stereocenters. The predicted octanol–water partition coefficient (Wildman–Crippen LogP) is 2.40. The van der Waals surface area contributed by atoms with Gasteiger partial charge in [-0.25, -0.2) is 0 Å². The van der Waals surface area contributed by atoms with E-state index in [1.54, 1.807) is 12.1 Å². The second kappa shape index (κ2) is 3.01. The minimum atomic E-state index is 0.299. The molecule has 0 radical (unpaired) electrons. The Bertz CT molecular complexity index is 471. The summed E-state index contributed by atoms with van der Waals surface area (Å²) in [6, 6.07) is 5.29. The number of aromatic nitrogens is 2. The first-order valence-electron chi connectivity index (χ1n) is 4.75. The van der Waals surface area contributed by atoms with Gasteiger partial charge in [0.15, 0.2) is 0 Å². The number of aromatic hydroxyl groups is 1. The third kappa shape index (κ3) is 1.25. The van der Waals surface area contributed by atoms with E-state index in [9.17, 15) is 5.11 Å². The van der Waals surface area contributed by atoms with Crippen LogP contribution in [-0.4, -0.2) is 14.9 Å². The van der Waals surface area contributed by atoms with E-state index in [-0.39, 0.29) is 0 Å². The van der Waals surface area contributed by atoms with Crippen molar-refractivity contribution < 1.29 is 5.11 Å². The third-order valence-electron chi connectivity index (χ3n) is 2.41. The largest absolute Gasteiger partial charge is 0.508 e. The van der Waals surface area contributed by atoms with Crippen LogP contribution >= 0.6 is 0 Å². The summed E-state index contributed by atoms with van der Waals surface area (Å²) in [5, 5.41) is 14.8. The first-order chi connectivity index (χ1) is 6.59. The molecule has 2 rings (SSSR count). The first kappa shape index (κ1) is 9.06. The molecule has 0 amide bonds. The molecule has 74 valence electrons. The van der Waals surface area contributed by atoms with Crippen LogP contribution in [0.15, 0.2) is 18.2 Å². The fraction of sp³-hybridized carbons (Fsp3) is 0.364. The van der Waals surface area contributed by atoms with Gasteiger partial charge in [0, 0.05) is 18.1 Å². The number of phenolic OH excluding ortho intramolecular Hbond substituents is 1. The third-order valence-corrected chi connectivity index (χ3v) is 2.41. The number of rotatable bonds is 1. The van der Waals surface area contributed by atoms with Crippen molar-refractivity contribution in [2.24, 2.45) is 7.05 Å². The molecular weight excluding hydrogens is 176 g/mol. The molecule has 0 fully saturated rings. The number of phenols is 1. The van der Waals surface area contributed by atoms with Crippen LogP contribution in [0.3, 0.4) is 0 Å². The number of fused-ring (bicyclic) bond motifs is 1. The standard InChI is InChI=1S/C11H14N2O/c1-7(2)11-9-6-8(14)4-5-10(9)12-13(11)3/h4-7,14H,1-3H3. The van der Waals surface area contributed by atoms with Crippen LogP contribution in [0, 0.1) is 0 Å². The first-order valence-corrected chi connectivity index (χ1v) is 4.75. The van der Waals surface area contributed by atoms with E-state index in [1.807, 2.05) is 17.8 Å². The highest BCUT2D eigenvalue weighted by Gasteiger charge is 2.11. The molecule has 1 aromatic heterocycles. The highest BCUT2D eigenvalue weighted by Crippen LogP contribution is 2.27. The summed E-state index contributed by atoms with van der Waals surface area (Å²) in [6.07, 6.45) is 0. The lowest BCUT2D eigenvalue weighted by molar-refractivity contribution is 0.476. The fourth-order valence-electron chi connectivity index (χ4n) is 1.89. The Kier molecular flexibility index (Phi) is 1.95. The summed E-state index contributed by atoms with van der Waals surface area (Å²) < 4.78 is 1.88. The normalized spacial score (nSPS) is 11.4. The van der Waals surface area contributed by atoms with Gasteiger partial charge in [0.05, 0.1) is 5.52 Å². The molecule has 1 heterocycles. The van der Waals surface area contributed by atoms with Gasteiger partial charge in [0.25, 0.3) is 0 Å². The molecule has 3 nitrogen and oxygen atoms in total. The van der Waals surface area contributed by atoms with Crippen LogP contribution in [0.5, 0.6) is 5.75 Å². The number of benzene rings is 1. The summed E-state index contributed by atoms with van der Waals surface area (Å²) in [4.78, 5) is 0. The van der Waals surface area contributed by atoms with Crippen molar-refractivity contribution >= 4 is 10.9 Å². The van der Waals surface area contributed by atoms with Crippen LogP contribution in [0.1, 0.15) is 25.5 Å². The topological polar surface area (TPSA) is 38.1 Å². The number of nitrogens with zero attached hydrogens (tertiary/aromatic N) is 2. The Hall–Kier alpha value is -1.51. The number of aryl methyl sites for hydroxylation is 1. The minimum Gasteiger partial charge on any atom is -0.508 e. The minimum absolute atomic E-state index is 0.299. The molecule has 0 bridgehead atoms. The maximum Gasteiger partial charge on any atom is 0.116 e. The Morgan fingerprint density at radius 1 is 1.36 bits per heavy atom. The second-order valence-corrected chi connectivity index (χ2v) is 3.86. The van der Waals surface area contributed by atoms with E-state index in [4.69, 9.17) is 0 Å². The number of hydrogen-bond donors (Lipinski definition) is 1. The van der Waals surface area contributed by atoms with Gasteiger partial charge in [-0.3, -0.25) is 4.68 Å². The zero-order chi connectivity index (χ0) is 10.3. The van der Waals surface area contributed by atoms with Crippen molar-refractivity contribution in [3.05, 3.63) is 23.9 Å². The van der Waals surface area contributed by atoms with E-state index in [2.05, 4.69) is 18.9 Å². The second-order valence-electron chi connectivity index (χ2n) is 3.86. The van der Waals surface area contributed by atoms with Crippen molar-refractivity contribution in [2.45, 2.75) is 19.8 Å². The Morgan fingerprint density at radius 2 is 2.07 bits per heavy atom. The van der Waals surface area contributed by atoms with Gasteiger partial charge >= 0.3 is 0 Å². The molecular formula is C11H14N2O. The highest BCUT2D eigenvalue weighted by molar-refractivity contribution is 5.83. The van der Waals surface area contributed by atoms with E-state index >= 15 is 0 Å². The summed E-state index contributed by atoms with van der Waals surface area (Å²) in [6.45, 7) is 4.25. The molecule has 0 saturated carbocycles. The van der Waals surface area contributed by atoms with Gasteiger partial charge in [-0.1, -0.05) is 13.8 Å². The molecule has 2 aromatic rings. The quantitative estimate of drug-likeness (QED) is 0.749. The Balaban J connectivity index is 2.79.